The molecule has 0 radical (unpaired) electrons. The molecule has 0 saturated carbocycles. The lowest BCUT2D eigenvalue weighted by molar-refractivity contribution is 0.233. The zero-order chi connectivity index (χ0) is 15.4. The van der Waals surface area contributed by atoms with Crippen molar-refractivity contribution in [3.8, 4) is 0 Å². The Kier molecular flexibility index (Phi) is 3.43. The largest absolute Gasteiger partial charge is 0.316 e. The zero-order valence-electron chi connectivity index (χ0n) is 13.2. The smallest absolute Gasteiger partial charge is 0.243 e. The summed E-state index contributed by atoms with van der Waals surface area (Å²) < 4.78 is 27.8. The van der Waals surface area contributed by atoms with E-state index < -0.39 is 10.0 Å². The molecule has 3 rings (SSSR count). The molecule has 1 aromatic rings. The molecule has 2 aliphatic rings. The first-order chi connectivity index (χ1) is 9.74. The molecular formula is C16H24N2O2S. The number of hydrogen-bond acceptors (Lipinski definition) is 3. The Morgan fingerprint density at radius 2 is 1.90 bits per heavy atom. The topological polar surface area (TPSA) is 49.4 Å². The minimum Gasteiger partial charge on any atom is -0.316 e. The van der Waals surface area contributed by atoms with E-state index >= 15 is 0 Å². The van der Waals surface area contributed by atoms with Crippen LogP contribution < -0.4 is 5.32 Å². The van der Waals surface area contributed by atoms with Crippen molar-refractivity contribution in [1.82, 2.24) is 9.62 Å². The number of fused-ring (bicyclic) bond motifs is 1. The summed E-state index contributed by atoms with van der Waals surface area (Å²) in [5.74, 6) is 0.833. The van der Waals surface area contributed by atoms with Crippen molar-refractivity contribution in [2.45, 2.75) is 38.1 Å². The Balaban J connectivity index is 2.00. The molecule has 5 heteroatoms. The lowest BCUT2D eigenvalue weighted by atomic mass is 9.85. The minimum absolute atomic E-state index is 0.328. The highest BCUT2D eigenvalue weighted by Crippen LogP contribution is 2.43. The SMILES string of the molecule is Cc1ccc(S(=O)(=O)N2CC3CNCC3C2(C)C)cc1C. The lowest BCUT2D eigenvalue weighted by Gasteiger charge is -2.34. The van der Waals surface area contributed by atoms with Gasteiger partial charge in [-0.2, -0.15) is 4.31 Å². The van der Waals surface area contributed by atoms with Crippen molar-refractivity contribution in [3.63, 3.8) is 0 Å². The summed E-state index contributed by atoms with van der Waals surface area (Å²) in [7, 11) is -3.42. The number of benzene rings is 1. The van der Waals surface area contributed by atoms with Crippen LogP contribution in [0.5, 0.6) is 0 Å². The van der Waals surface area contributed by atoms with Crippen molar-refractivity contribution in [1.29, 1.82) is 0 Å². The first-order valence-electron chi connectivity index (χ1n) is 7.55. The van der Waals surface area contributed by atoms with Gasteiger partial charge in [0.2, 0.25) is 10.0 Å². The van der Waals surface area contributed by atoms with Crippen LogP contribution in [0.15, 0.2) is 23.1 Å². The van der Waals surface area contributed by atoms with Crippen LogP contribution in [0.1, 0.15) is 25.0 Å². The molecule has 116 valence electrons. The summed E-state index contributed by atoms with van der Waals surface area (Å²) in [6.45, 7) is 10.5. The van der Waals surface area contributed by atoms with E-state index in [4.69, 9.17) is 0 Å². The quantitative estimate of drug-likeness (QED) is 0.908. The van der Waals surface area contributed by atoms with Gasteiger partial charge in [-0.05, 0) is 69.3 Å². The maximum Gasteiger partial charge on any atom is 0.243 e. The first kappa shape index (κ1) is 15.0. The van der Waals surface area contributed by atoms with Crippen LogP contribution in [0.3, 0.4) is 0 Å². The molecule has 0 spiro atoms. The molecule has 2 fully saturated rings. The maximum atomic E-state index is 13.1. The van der Waals surface area contributed by atoms with E-state index in [9.17, 15) is 8.42 Å². The van der Waals surface area contributed by atoms with Crippen molar-refractivity contribution >= 4 is 10.0 Å². The summed E-state index contributed by atoms with van der Waals surface area (Å²) in [5, 5.41) is 3.39. The van der Waals surface area contributed by atoms with Crippen LogP contribution in [0.2, 0.25) is 0 Å². The van der Waals surface area contributed by atoms with Crippen LogP contribution >= 0.6 is 0 Å². The molecule has 2 atom stereocenters. The van der Waals surface area contributed by atoms with Gasteiger partial charge in [-0.3, -0.25) is 0 Å². The van der Waals surface area contributed by atoms with Crippen LogP contribution in [0.4, 0.5) is 0 Å². The predicted octanol–water partition coefficient (Wildman–Crippen LogP) is 1.92. The molecule has 2 aliphatic heterocycles. The number of nitrogens with one attached hydrogen (secondary N) is 1. The summed E-state index contributed by atoms with van der Waals surface area (Å²) >= 11 is 0. The van der Waals surface area contributed by atoms with E-state index in [2.05, 4.69) is 19.2 Å². The van der Waals surface area contributed by atoms with Crippen molar-refractivity contribution in [2.24, 2.45) is 11.8 Å². The van der Waals surface area contributed by atoms with Gasteiger partial charge in [0.15, 0.2) is 0 Å². The van der Waals surface area contributed by atoms with Crippen molar-refractivity contribution in [3.05, 3.63) is 29.3 Å². The molecular weight excluding hydrogens is 284 g/mol. The normalized spacial score (nSPS) is 28.8. The number of rotatable bonds is 2. The van der Waals surface area contributed by atoms with Gasteiger partial charge in [0.1, 0.15) is 0 Å². The molecule has 2 unspecified atom stereocenters. The first-order valence-corrected chi connectivity index (χ1v) is 8.99. The van der Waals surface area contributed by atoms with Crippen molar-refractivity contribution < 1.29 is 8.42 Å². The lowest BCUT2D eigenvalue weighted by Crippen LogP contribution is -2.47. The van der Waals surface area contributed by atoms with Gasteiger partial charge in [0, 0.05) is 18.6 Å². The predicted molar refractivity (Wildman–Crippen MR) is 83.7 cm³/mol. The summed E-state index contributed by atoms with van der Waals surface area (Å²) in [6, 6.07) is 5.43. The van der Waals surface area contributed by atoms with Crippen molar-refractivity contribution in [2.75, 3.05) is 19.6 Å². The number of aryl methyl sites for hydroxylation is 2. The van der Waals surface area contributed by atoms with E-state index in [1.807, 2.05) is 19.9 Å². The molecule has 1 N–H and O–H groups in total. The van der Waals surface area contributed by atoms with Gasteiger partial charge in [-0.1, -0.05) is 6.07 Å². The fourth-order valence-corrected chi connectivity index (χ4v) is 5.76. The second kappa shape index (κ2) is 4.80. The van der Waals surface area contributed by atoms with Gasteiger partial charge in [-0.25, -0.2) is 8.42 Å². The highest BCUT2D eigenvalue weighted by atomic mass is 32.2. The van der Waals surface area contributed by atoms with Crippen LogP contribution in [-0.4, -0.2) is 37.9 Å². The monoisotopic (exact) mass is 308 g/mol. The average Bonchev–Trinajstić information content (AvgIpc) is 2.95. The third kappa shape index (κ3) is 2.22. The molecule has 0 bridgehead atoms. The van der Waals surface area contributed by atoms with Gasteiger partial charge in [-0.15, -0.1) is 0 Å². The molecule has 21 heavy (non-hydrogen) atoms. The van der Waals surface area contributed by atoms with E-state index in [1.54, 1.807) is 16.4 Å². The molecule has 2 heterocycles. The fraction of sp³-hybridized carbons (Fsp3) is 0.625. The van der Waals surface area contributed by atoms with E-state index in [0.29, 0.717) is 23.3 Å². The van der Waals surface area contributed by atoms with E-state index in [1.165, 1.54) is 0 Å². The summed E-state index contributed by atoms with van der Waals surface area (Å²) in [6.07, 6.45) is 0. The third-order valence-corrected chi connectivity index (χ3v) is 7.41. The number of hydrogen-bond donors (Lipinski definition) is 1. The standard InChI is InChI=1S/C16H24N2O2S/c1-11-5-6-14(7-12(11)2)21(19,20)18-10-13-8-17-9-15(13)16(18,3)4/h5-7,13,15,17H,8-10H2,1-4H3. The molecule has 0 amide bonds. The van der Waals surface area contributed by atoms with Gasteiger partial charge in [0.05, 0.1) is 4.90 Å². The Hall–Kier alpha value is -0.910. The van der Waals surface area contributed by atoms with Crippen LogP contribution in [-0.2, 0) is 10.0 Å². The summed E-state index contributed by atoms with van der Waals surface area (Å²) in [4.78, 5) is 0.423. The number of sulfonamides is 1. The van der Waals surface area contributed by atoms with E-state index in [0.717, 1.165) is 24.2 Å². The molecule has 4 nitrogen and oxygen atoms in total. The molecule has 2 saturated heterocycles. The zero-order valence-corrected chi connectivity index (χ0v) is 14.0. The third-order valence-electron chi connectivity index (χ3n) is 5.36. The molecule has 1 aromatic carbocycles. The maximum absolute atomic E-state index is 13.1. The summed E-state index contributed by atoms with van der Waals surface area (Å²) in [5.41, 5.74) is 1.82. The van der Waals surface area contributed by atoms with E-state index in [-0.39, 0.29) is 5.54 Å². The second-order valence-electron chi connectivity index (χ2n) is 6.96. The second-order valence-corrected chi connectivity index (χ2v) is 8.82. The average molecular weight is 308 g/mol. The fourth-order valence-electron chi connectivity index (χ4n) is 3.79. The van der Waals surface area contributed by atoms with Gasteiger partial charge >= 0.3 is 0 Å². The molecule has 0 aliphatic carbocycles. The highest BCUT2D eigenvalue weighted by Gasteiger charge is 2.54. The minimum atomic E-state index is -3.42. The number of nitrogens with zero attached hydrogens (tertiary/aromatic N) is 1. The van der Waals surface area contributed by atoms with Gasteiger partial charge < -0.3 is 5.32 Å². The Bertz CT molecular complexity index is 667. The highest BCUT2D eigenvalue weighted by molar-refractivity contribution is 7.89. The molecule has 0 aromatic heterocycles. The van der Waals surface area contributed by atoms with Gasteiger partial charge in [0.25, 0.3) is 0 Å². The Morgan fingerprint density at radius 3 is 2.52 bits per heavy atom. The van der Waals surface area contributed by atoms with Crippen LogP contribution in [0.25, 0.3) is 0 Å². The Labute approximate surface area is 127 Å². The van der Waals surface area contributed by atoms with Crippen LogP contribution in [0, 0.1) is 25.7 Å². The Morgan fingerprint density at radius 1 is 1.19 bits per heavy atom.